The van der Waals surface area contributed by atoms with Gasteiger partial charge < -0.3 is 9.47 Å². The molecule has 0 N–H and O–H groups in total. The lowest BCUT2D eigenvalue weighted by Gasteiger charge is -2.07. The standard InChI is InChI=1S/C21H17FN3O2S/c1-9-5-12(18-14(6-9)24-16(26-4)8-23-18)21-25-15-7-13(22)19-17(20(15)28-21)10(2)11(3)27-19/h5-8,10-11H,3H2,1-2,4H3/t10-,11+/m0/s1. The predicted molar refractivity (Wildman–Crippen MR) is 108 cm³/mol. The molecule has 2 atom stereocenters. The number of aryl methyl sites for hydroxylation is 1. The molecule has 5 nitrogen and oxygen atoms in total. The molecular formula is C21H17FN3O2S. The van der Waals surface area contributed by atoms with Gasteiger partial charge in [-0.3, -0.25) is 0 Å². The summed E-state index contributed by atoms with van der Waals surface area (Å²) in [6.45, 7) is 7.98. The highest BCUT2D eigenvalue weighted by molar-refractivity contribution is 7.22. The number of rotatable bonds is 2. The Morgan fingerprint density at radius 2 is 2.04 bits per heavy atom. The fourth-order valence-electron chi connectivity index (χ4n) is 3.64. The minimum atomic E-state index is -0.393. The van der Waals surface area contributed by atoms with Crippen LogP contribution in [0.25, 0.3) is 31.8 Å². The molecule has 0 bridgehead atoms. The first-order valence-electron chi connectivity index (χ1n) is 8.90. The first-order valence-corrected chi connectivity index (χ1v) is 9.72. The van der Waals surface area contributed by atoms with Crippen molar-refractivity contribution < 1.29 is 13.9 Å². The third-order valence-electron chi connectivity index (χ3n) is 5.11. The summed E-state index contributed by atoms with van der Waals surface area (Å²) in [6.07, 6.45) is 1.29. The Labute approximate surface area is 165 Å². The lowest BCUT2D eigenvalue weighted by Crippen LogP contribution is -2.11. The van der Waals surface area contributed by atoms with E-state index in [1.807, 2.05) is 26.0 Å². The normalized spacial score (nSPS) is 18.5. The van der Waals surface area contributed by atoms with Crippen LogP contribution in [-0.2, 0) is 0 Å². The van der Waals surface area contributed by atoms with Crippen molar-refractivity contribution in [2.45, 2.75) is 25.9 Å². The fraction of sp³-hybridized carbons (Fsp3) is 0.238. The first-order chi connectivity index (χ1) is 13.5. The van der Waals surface area contributed by atoms with Crippen molar-refractivity contribution in [3.63, 3.8) is 0 Å². The molecule has 1 radical (unpaired) electrons. The third-order valence-corrected chi connectivity index (χ3v) is 6.25. The van der Waals surface area contributed by atoms with E-state index in [4.69, 9.17) is 14.5 Å². The summed E-state index contributed by atoms with van der Waals surface area (Å²) in [5.41, 5.74) is 4.86. The maximum atomic E-state index is 14.6. The minimum Gasteiger partial charge on any atom is -0.486 e. The second kappa shape index (κ2) is 6.10. The Balaban J connectivity index is 1.77. The lowest BCUT2D eigenvalue weighted by molar-refractivity contribution is 0.250. The van der Waals surface area contributed by atoms with Crippen LogP contribution >= 0.6 is 11.3 Å². The molecule has 0 unspecified atom stereocenters. The van der Waals surface area contributed by atoms with Crippen LogP contribution in [0.2, 0.25) is 0 Å². The van der Waals surface area contributed by atoms with Gasteiger partial charge in [-0.1, -0.05) is 6.92 Å². The molecule has 141 valence electrons. The Hall–Kier alpha value is -2.80. The molecule has 1 aliphatic heterocycles. The summed E-state index contributed by atoms with van der Waals surface area (Å²) < 4.78 is 26.3. The second-order valence-electron chi connectivity index (χ2n) is 7.01. The van der Waals surface area contributed by atoms with Gasteiger partial charge in [-0.05, 0) is 31.5 Å². The van der Waals surface area contributed by atoms with Gasteiger partial charge in [0.05, 0.1) is 34.6 Å². The van der Waals surface area contributed by atoms with Crippen molar-refractivity contribution in [1.29, 1.82) is 0 Å². The van der Waals surface area contributed by atoms with Crippen molar-refractivity contribution in [2.24, 2.45) is 0 Å². The van der Waals surface area contributed by atoms with Gasteiger partial charge in [-0.25, -0.2) is 19.3 Å². The van der Waals surface area contributed by atoms with E-state index in [0.29, 0.717) is 17.1 Å². The van der Waals surface area contributed by atoms with E-state index in [1.54, 1.807) is 13.3 Å². The largest absolute Gasteiger partial charge is 0.486 e. The second-order valence-corrected chi connectivity index (χ2v) is 8.01. The molecule has 4 aromatic rings. The molecular weight excluding hydrogens is 377 g/mol. The Morgan fingerprint density at radius 3 is 2.82 bits per heavy atom. The molecule has 5 rings (SSSR count). The highest BCUT2D eigenvalue weighted by atomic mass is 32.1. The Bertz CT molecular complexity index is 1250. The van der Waals surface area contributed by atoms with Crippen LogP contribution in [0.15, 0.2) is 24.4 Å². The van der Waals surface area contributed by atoms with E-state index >= 15 is 0 Å². The van der Waals surface area contributed by atoms with Crippen molar-refractivity contribution in [1.82, 2.24) is 15.0 Å². The van der Waals surface area contributed by atoms with E-state index in [2.05, 4.69) is 16.9 Å². The van der Waals surface area contributed by atoms with E-state index in [9.17, 15) is 4.39 Å². The number of thiazole rings is 1. The summed E-state index contributed by atoms with van der Waals surface area (Å²) in [7, 11) is 1.56. The van der Waals surface area contributed by atoms with E-state index < -0.39 is 5.82 Å². The molecule has 0 spiro atoms. The number of methoxy groups -OCH3 is 1. The number of halogens is 1. The van der Waals surface area contributed by atoms with Crippen LogP contribution < -0.4 is 9.47 Å². The van der Waals surface area contributed by atoms with Crippen LogP contribution in [0.4, 0.5) is 4.39 Å². The summed E-state index contributed by atoms with van der Waals surface area (Å²) >= 11 is 1.52. The number of ether oxygens (including phenoxy) is 2. The number of hydrogen-bond acceptors (Lipinski definition) is 6. The minimum absolute atomic E-state index is 0.000179. The highest BCUT2D eigenvalue weighted by Gasteiger charge is 2.33. The Kier molecular flexibility index (Phi) is 3.77. The first kappa shape index (κ1) is 17.3. The molecule has 1 aliphatic rings. The van der Waals surface area contributed by atoms with Crippen LogP contribution in [0, 0.1) is 19.7 Å². The molecule has 3 heterocycles. The molecule has 28 heavy (non-hydrogen) atoms. The summed E-state index contributed by atoms with van der Waals surface area (Å²) in [5.74, 6) is 0.366. The molecule has 0 aliphatic carbocycles. The molecule has 2 aromatic heterocycles. The van der Waals surface area contributed by atoms with E-state index in [-0.39, 0.29) is 12.0 Å². The molecule has 0 amide bonds. The maximum absolute atomic E-state index is 14.6. The number of aromatic nitrogens is 3. The molecule has 0 saturated carbocycles. The fourth-order valence-corrected chi connectivity index (χ4v) is 4.84. The maximum Gasteiger partial charge on any atom is 0.232 e. The Morgan fingerprint density at radius 1 is 1.21 bits per heavy atom. The smallest absolute Gasteiger partial charge is 0.232 e. The summed E-state index contributed by atoms with van der Waals surface area (Å²) in [4.78, 5) is 13.7. The van der Waals surface area contributed by atoms with Crippen LogP contribution in [0.1, 0.15) is 24.0 Å². The van der Waals surface area contributed by atoms with Crippen molar-refractivity contribution in [3.8, 4) is 22.2 Å². The van der Waals surface area contributed by atoms with Crippen molar-refractivity contribution in [3.05, 3.63) is 48.3 Å². The van der Waals surface area contributed by atoms with Gasteiger partial charge in [0, 0.05) is 23.1 Å². The third kappa shape index (κ3) is 2.46. The monoisotopic (exact) mass is 394 g/mol. The van der Waals surface area contributed by atoms with Gasteiger partial charge in [0.1, 0.15) is 11.1 Å². The van der Waals surface area contributed by atoms with Gasteiger partial charge in [-0.15, -0.1) is 11.3 Å². The van der Waals surface area contributed by atoms with E-state index in [0.717, 1.165) is 37.4 Å². The molecule has 7 heteroatoms. The predicted octanol–water partition coefficient (Wildman–Crippen LogP) is 5.06. The van der Waals surface area contributed by atoms with Crippen LogP contribution in [0.3, 0.4) is 0 Å². The number of fused-ring (bicyclic) bond motifs is 4. The summed E-state index contributed by atoms with van der Waals surface area (Å²) in [6, 6.07) is 5.43. The molecule has 0 saturated heterocycles. The summed E-state index contributed by atoms with van der Waals surface area (Å²) in [5, 5.41) is 0.774. The SMILES string of the molecule is [CH2][C@H]1Oc2c(F)cc3nc(-c4cc(C)cc5nc(OC)cnc45)sc3c2[C@H]1C. The zero-order valence-corrected chi connectivity index (χ0v) is 16.4. The van der Waals surface area contributed by atoms with Gasteiger partial charge in [-0.2, -0.15) is 0 Å². The molecule has 0 fully saturated rings. The molecule has 2 aromatic carbocycles. The number of hydrogen-bond donors (Lipinski definition) is 0. The van der Waals surface area contributed by atoms with Gasteiger partial charge in [0.15, 0.2) is 11.6 Å². The highest BCUT2D eigenvalue weighted by Crippen LogP contribution is 2.47. The van der Waals surface area contributed by atoms with Gasteiger partial charge in [0.2, 0.25) is 5.88 Å². The van der Waals surface area contributed by atoms with Crippen LogP contribution in [-0.4, -0.2) is 28.2 Å². The average Bonchev–Trinajstić information content (AvgIpc) is 3.22. The van der Waals surface area contributed by atoms with Gasteiger partial charge in [0.25, 0.3) is 0 Å². The van der Waals surface area contributed by atoms with Crippen molar-refractivity contribution in [2.75, 3.05) is 7.11 Å². The van der Waals surface area contributed by atoms with Gasteiger partial charge >= 0.3 is 0 Å². The average molecular weight is 394 g/mol. The van der Waals surface area contributed by atoms with Crippen LogP contribution in [0.5, 0.6) is 11.6 Å². The topological polar surface area (TPSA) is 57.1 Å². The van der Waals surface area contributed by atoms with E-state index in [1.165, 1.54) is 17.4 Å². The number of benzene rings is 2. The number of nitrogens with zero attached hydrogens (tertiary/aromatic N) is 3. The zero-order valence-electron chi connectivity index (χ0n) is 15.6. The quantitative estimate of drug-likeness (QED) is 0.476. The van der Waals surface area contributed by atoms with Crippen molar-refractivity contribution >= 4 is 32.6 Å². The lowest BCUT2D eigenvalue weighted by atomic mass is 9.98. The zero-order chi connectivity index (χ0) is 19.6.